The van der Waals surface area contributed by atoms with E-state index in [1.807, 2.05) is 0 Å². The summed E-state index contributed by atoms with van der Waals surface area (Å²) in [5.41, 5.74) is 6.95. The normalized spacial score (nSPS) is 10.2. The second-order valence-corrected chi connectivity index (χ2v) is 4.48. The average molecular weight is 278 g/mol. The van der Waals surface area contributed by atoms with Crippen LogP contribution in [0.5, 0.6) is 0 Å². The van der Waals surface area contributed by atoms with Gasteiger partial charge in [-0.25, -0.2) is 8.78 Å². The van der Waals surface area contributed by atoms with E-state index in [4.69, 9.17) is 18.0 Å². The lowest BCUT2D eigenvalue weighted by Gasteiger charge is -2.08. The lowest BCUT2D eigenvalue weighted by atomic mass is 10.1. The molecule has 5 heteroatoms. The van der Waals surface area contributed by atoms with Crippen LogP contribution in [-0.4, -0.2) is 4.99 Å². The van der Waals surface area contributed by atoms with Gasteiger partial charge in [-0.05, 0) is 35.9 Å². The van der Waals surface area contributed by atoms with Gasteiger partial charge in [0, 0.05) is 17.8 Å². The quantitative estimate of drug-likeness (QED) is 0.843. The highest BCUT2D eigenvalue weighted by atomic mass is 32.1. The second-order valence-electron chi connectivity index (χ2n) is 4.04. The molecule has 0 aliphatic carbocycles. The summed E-state index contributed by atoms with van der Waals surface area (Å²) in [6.07, 6.45) is 0. The molecule has 0 atom stereocenters. The third-order valence-corrected chi connectivity index (χ3v) is 2.84. The molecule has 2 rings (SSSR count). The first-order valence-corrected chi connectivity index (χ1v) is 6.05. The van der Waals surface area contributed by atoms with Gasteiger partial charge in [-0.3, -0.25) is 0 Å². The van der Waals surface area contributed by atoms with Crippen molar-refractivity contribution < 1.29 is 8.78 Å². The van der Waals surface area contributed by atoms with Crippen molar-refractivity contribution in [2.24, 2.45) is 5.73 Å². The summed E-state index contributed by atoms with van der Waals surface area (Å²) in [5.74, 6) is -0.772. The number of rotatable bonds is 4. The zero-order chi connectivity index (χ0) is 13.8. The lowest BCUT2D eigenvalue weighted by molar-refractivity contribution is 0.624. The van der Waals surface area contributed by atoms with Crippen LogP contribution in [-0.2, 0) is 6.54 Å². The van der Waals surface area contributed by atoms with Gasteiger partial charge in [0.1, 0.15) is 16.6 Å². The predicted molar refractivity (Wildman–Crippen MR) is 76.0 cm³/mol. The fraction of sp³-hybridized carbons (Fsp3) is 0.0714. The molecule has 98 valence electrons. The Morgan fingerprint density at radius 2 is 1.95 bits per heavy atom. The van der Waals surface area contributed by atoms with E-state index in [1.165, 1.54) is 24.3 Å². The topological polar surface area (TPSA) is 38.0 Å². The maximum Gasteiger partial charge on any atom is 0.135 e. The Kier molecular flexibility index (Phi) is 4.06. The molecule has 0 heterocycles. The summed E-state index contributed by atoms with van der Waals surface area (Å²) in [5, 5.41) is 3.00. The molecule has 0 radical (unpaired) electrons. The third-order valence-electron chi connectivity index (χ3n) is 2.62. The molecule has 0 saturated carbocycles. The van der Waals surface area contributed by atoms with E-state index in [-0.39, 0.29) is 16.4 Å². The summed E-state index contributed by atoms with van der Waals surface area (Å²) in [4.78, 5) is 0.0224. The van der Waals surface area contributed by atoms with E-state index >= 15 is 0 Å². The van der Waals surface area contributed by atoms with Crippen molar-refractivity contribution in [1.82, 2.24) is 0 Å². The first-order chi connectivity index (χ1) is 9.06. The van der Waals surface area contributed by atoms with Gasteiger partial charge in [-0.15, -0.1) is 0 Å². The molecule has 0 aliphatic rings. The summed E-state index contributed by atoms with van der Waals surface area (Å²) >= 11 is 4.72. The Morgan fingerprint density at radius 3 is 2.58 bits per heavy atom. The number of hydrogen-bond acceptors (Lipinski definition) is 2. The van der Waals surface area contributed by atoms with Gasteiger partial charge < -0.3 is 11.1 Å². The van der Waals surface area contributed by atoms with E-state index in [1.54, 1.807) is 18.2 Å². The minimum absolute atomic E-state index is 0.0224. The van der Waals surface area contributed by atoms with Crippen molar-refractivity contribution in [1.29, 1.82) is 0 Å². The van der Waals surface area contributed by atoms with Crippen LogP contribution in [0.1, 0.15) is 11.1 Å². The van der Waals surface area contributed by atoms with Crippen molar-refractivity contribution >= 4 is 22.9 Å². The van der Waals surface area contributed by atoms with Crippen molar-refractivity contribution in [3.05, 3.63) is 65.2 Å². The molecule has 0 saturated heterocycles. The van der Waals surface area contributed by atoms with Crippen LogP contribution < -0.4 is 11.1 Å². The van der Waals surface area contributed by atoms with Crippen molar-refractivity contribution in [3.63, 3.8) is 0 Å². The number of thiocarbonyl (C=S) groups is 1. The van der Waals surface area contributed by atoms with Crippen LogP contribution in [0.25, 0.3) is 0 Å². The first kappa shape index (κ1) is 13.4. The van der Waals surface area contributed by atoms with Gasteiger partial charge in [0.05, 0.1) is 0 Å². The van der Waals surface area contributed by atoms with Crippen LogP contribution in [0, 0.1) is 11.6 Å². The van der Waals surface area contributed by atoms with Crippen LogP contribution in [0.3, 0.4) is 0 Å². The Morgan fingerprint density at radius 1 is 1.16 bits per heavy atom. The molecule has 2 aromatic carbocycles. The molecule has 19 heavy (non-hydrogen) atoms. The molecule has 0 amide bonds. The van der Waals surface area contributed by atoms with E-state index in [2.05, 4.69) is 5.32 Å². The Balaban J connectivity index is 2.08. The van der Waals surface area contributed by atoms with Gasteiger partial charge in [0.15, 0.2) is 0 Å². The highest BCUT2D eigenvalue weighted by Gasteiger charge is 2.05. The molecule has 0 unspecified atom stereocenters. The summed E-state index contributed by atoms with van der Waals surface area (Å²) in [6.45, 7) is 0.406. The van der Waals surface area contributed by atoms with E-state index in [9.17, 15) is 8.78 Å². The fourth-order valence-corrected chi connectivity index (χ4v) is 1.84. The standard InChI is InChI=1S/C14H12F2N2S/c15-10-3-1-2-9(6-10)8-18-11-4-5-12(14(17)19)13(16)7-11/h1-7,18H,8H2,(H2,17,19). The molecular weight excluding hydrogens is 266 g/mol. The van der Waals surface area contributed by atoms with Crippen molar-refractivity contribution in [2.75, 3.05) is 5.32 Å². The van der Waals surface area contributed by atoms with E-state index < -0.39 is 5.82 Å². The largest absolute Gasteiger partial charge is 0.389 e. The molecule has 0 aromatic heterocycles. The monoisotopic (exact) mass is 278 g/mol. The summed E-state index contributed by atoms with van der Waals surface area (Å²) < 4.78 is 26.6. The van der Waals surface area contributed by atoms with E-state index in [0.717, 1.165) is 5.56 Å². The maximum atomic E-state index is 13.6. The minimum atomic E-state index is -0.475. The van der Waals surface area contributed by atoms with Crippen LogP contribution in [0.2, 0.25) is 0 Å². The highest BCUT2D eigenvalue weighted by Crippen LogP contribution is 2.15. The number of nitrogens with one attached hydrogen (secondary N) is 1. The lowest BCUT2D eigenvalue weighted by Crippen LogP contribution is -2.12. The van der Waals surface area contributed by atoms with Gasteiger partial charge in [0.25, 0.3) is 0 Å². The number of benzene rings is 2. The van der Waals surface area contributed by atoms with Gasteiger partial charge in [0.2, 0.25) is 0 Å². The first-order valence-electron chi connectivity index (χ1n) is 5.64. The molecule has 0 fully saturated rings. The van der Waals surface area contributed by atoms with Crippen molar-refractivity contribution in [2.45, 2.75) is 6.54 Å². The molecular formula is C14H12F2N2S. The van der Waals surface area contributed by atoms with Crippen LogP contribution >= 0.6 is 12.2 Å². The van der Waals surface area contributed by atoms with Gasteiger partial charge in [-0.1, -0.05) is 24.4 Å². The predicted octanol–water partition coefficient (Wildman–Crippen LogP) is 3.21. The molecule has 0 aliphatic heterocycles. The summed E-state index contributed by atoms with van der Waals surface area (Å²) in [6, 6.07) is 10.7. The summed E-state index contributed by atoms with van der Waals surface area (Å²) in [7, 11) is 0. The average Bonchev–Trinajstić information content (AvgIpc) is 2.36. The Labute approximate surface area is 115 Å². The number of anilines is 1. The highest BCUT2D eigenvalue weighted by molar-refractivity contribution is 7.80. The van der Waals surface area contributed by atoms with E-state index in [0.29, 0.717) is 12.2 Å². The minimum Gasteiger partial charge on any atom is -0.389 e. The number of hydrogen-bond donors (Lipinski definition) is 2. The molecule has 3 N–H and O–H groups in total. The number of halogens is 2. The molecule has 0 bridgehead atoms. The zero-order valence-electron chi connectivity index (χ0n) is 9.99. The smallest absolute Gasteiger partial charge is 0.135 e. The molecule has 0 spiro atoms. The second kappa shape index (κ2) is 5.75. The third kappa shape index (κ3) is 3.48. The van der Waals surface area contributed by atoms with Crippen LogP contribution in [0.4, 0.5) is 14.5 Å². The fourth-order valence-electron chi connectivity index (χ4n) is 1.68. The van der Waals surface area contributed by atoms with Crippen molar-refractivity contribution in [3.8, 4) is 0 Å². The zero-order valence-corrected chi connectivity index (χ0v) is 10.8. The maximum absolute atomic E-state index is 13.6. The molecule has 2 nitrogen and oxygen atoms in total. The SMILES string of the molecule is NC(=S)c1ccc(NCc2cccc(F)c2)cc1F. The van der Waals surface area contributed by atoms with Crippen LogP contribution in [0.15, 0.2) is 42.5 Å². The number of nitrogens with two attached hydrogens (primary N) is 1. The molecule has 2 aromatic rings. The van der Waals surface area contributed by atoms with Gasteiger partial charge in [-0.2, -0.15) is 0 Å². The Hall–Kier alpha value is -2.01. The Bertz CT molecular complexity index is 614. The van der Waals surface area contributed by atoms with Gasteiger partial charge >= 0.3 is 0 Å².